The lowest BCUT2D eigenvalue weighted by Gasteiger charge is -2.12. The van der Waals surface area contributed by atoms with Crippen molar-refractivity contribution < 1.29 is 0 Å². The predicted molar refractivity (Wildman–Crippen MR) is 64.4 cm³/mol. The predicted octanol–water partition coefficient (Wildman–Crippen LogP) is 2.15. The Kier molecular flexibility index (Phi) is 2.96. The first kappa shape index (κ1) is 10.3. The maximum atomic E-state index is 4.32. The van der Waals surface area contributed by atoms with Gasteiger partial charge in [-0.25, -0.2) is 4.98 Å². The lowest BCUT2D eigenvalue weighted by Crippen LogP contribution is -2.11. The molecule has 0 aromatic carbocycles. The third kappa shape index (κ3) is 2.29. The van der Waals surface area contributed by atoms with Crippen molar-refractivity contribution in [2.45, 2.75) is 44.6 Å². The summed E-state index contributed by atoms with van der Waals surface area (Å²) in [7, 11) is 0. The Bertz CT molecular complexity index is 335. The van der Waals surface area contributed by atoms with Crippen molar-refractivity contribution in [3.8, 4) is 0 Å². The topological polar surface area (TPSA) is 29.9 Å². The molecule has 1 unspecified atom stereocenters. The van der Waals surface area contributed by atoms with Crippen molar-refractivity contribution in [1.29, 1.82) is 0 Å². The Morgan fingerprint density at radius 2 is 2.31 bits per heavy atom. The number of imidazole rings is 1. The highest BCUT2D eigenvalue weighted by Crippen LogP contribution is 2.33. The monoisotopic (exact) mass is 219 g/mol. The molecule has 3 heteroatoms. The molecular weight excluding hydrogens is 198 g/mol. The third-order valence-corrected chi connectivity index (χ3v) is 3.93. The van der Waals surface area contributed by atoms with Crippen LogP contribution >= 0.6 is 0 Å². The number of rotatable bonds is 5. The number of aromatic nitrogens is 2. The molecule has 0 radical (unpaired) electrons. The molecule has 1 saturated carbocycles. The zero-order valence-corrected chi connectivity index (χ0v) is 9.86. The maximum absolute atomic E-state index is 4.32. The van der Waals surface area contributed by atoms with Gasteiger partial charge in [0.25, 0.3) is 0 Å². The van der Waals surface area contributed by atoms with Crippen LogP contribution in [0.5, 0.6) is 0 Å². The Hall–Kier alpha value is -0.830. The van der Waals surface area contributed by atoms with Crippen LogP contribution < -0.4 is 5.32 Å². The fraction of sp³-hybridized carbons (Fsp3) is 0.769. The van der Waals surface area contributed by atoms with E-state index in [1.54, 1.807) is 0 Å². The summed E-state index contributed by atoms with van der Waals surface area (Å²) in [6.45, 7) is 3.47. The van der Waals surface area contributed by atoms with E-state index in [4.69, 9.17) is 0 Å². The molecule has 2 aliphatic rings. The second-order valence-corrected chi connectivity index (χ2v) is 5.29. The summed E-state index contributed by atoms with van der Waals surface area (Å²) < 4.78 is 2.38. The Balaban J connectivity index is 1.57. The minimum atomic E-state index is 0.698. The number of aryl methyl sites for hydroxylation is 1. The molecule has 88 valence electrons. The van der Waals surface area contributed by atoms with Gasteiger partial charge >= 0.3 is 0 Å². The highest BCUT2D eigenvalue weighted by Gasteiger charge is 2.22. The van der Waals surface area contributed by atoms with Crippen molar-refractivity contribution in [2.75, 3.05) is 13.1 Å². The molecule has 1 aliphatic heterocycles. The second kappa shape index (κ2) is 4.58. The van der Waals surface area contributed by atoms with E-state index in [-0.39, 0.29) is 0 Å². The molecular formula is C13H21N3. The molecule has 16 heavy (non-hydrogen) atoms. The molecule has 2 fully saturated rings. The molecule has 3 nitrogen and oxygen atoms in total. The van der Waals surface area contributed by atoms with E-state index >= 15 is 0 Å². The van der Waals surface area contributed by atoms with Crippen LogP contribution in [0.2, 0.25) is 0 Å². The van der Waals surface area contributed by atoms with Crippen LogP contribution in [-0.2, 0) is 6.54 Å². The van der Waals surface area contributed by atoms with Gasteiger partial charge in [-0.15, -0.1) is 0 Å². The fourth-order valence-electron chi connectivity index (χ4n) is 2.72. The molecule has 2 heterocycles. The van der Waals surface area contributed by atoms with Crippen LogP contribution in [0.25, 0.3) is 0 Å². The quantitative estimate of drug-likeness (QED) is 0.822. The van der Waals surface area contributed by atoms with Crippen LogP contribution in [0.3, 0.4) is 0 Å². The van der Waals surface area contributed by atoms with E-state index in [9.17, 15) is 0 Å². The molecule has 1 aliphatic carbocycles. The van der Waals surface area contributed by atoms with Crippen molar-refractivity contribution >= 4 is 0 Å². The van der Waals surface area contributed by atoms with Gasteiger partial charge in [-0.05, 0) is 31.7 Å². The highest BCUT2D eigenvalue weighted by atomic mass is 15.1. The average Bonchev–Trinajstić information content (AvgIpc) is 2.82. The van der Waals surface area contributed by atoms with Gasteiger partial charge in [0.1, 0.15) is 0 Å². The van der Waals surface area contributed by atoms with E-state index in [0.717, 1.165) is 19.0 Å². The summed E-state index contributed by atoms with van der Waals surface area (Å²) in [5, 5.41) is 3.43. The minimum absolute atomic E-state index is 0.698. The molecule has 3 rings (SSSR count). The summed E-state index contributed by atoms with van der Waals surface area (Å²) in [6.07, 6.45) is 11.0. The smallest absolute Gasteiger partial charge is 0.0948 e. The first-order valence-electron chi connectivity index (χ1n) is 6.64. The van der Waals surface area contributed by atoms with Gasteiger partial charge < -0.3 is 9.88 Å². The molecule has 1 aromatic heterocycles. The van der Waals surface area contributed by atoms with E-state index in [0.29, 0.717) is 5.92 Å². The van der Waals surface area contributed by atoms with Crippen molar-refractivity contribution in [1.82, 2.24) is 14.9 Å². The van der Waals surface area contributed by atoms with Gasteiger partial charge in [-0.2, -0.15) is 0 Å². The van der Waals surface area contributed by atoms with E-state index in [2.05, 4.69) is 21.1 Å². The van der Waals surface area contributed by atoms with Crippen molar-refractivity contribution in [3.05, 3.63) is 18.2 Å². The second-order valence-electron chi connectivity index (χ2n) is 5.29. The first-order valence-corrected chi connectivity index (χ1v) is 6.64. The molecule has 1 saturated heterocycles. The van der Waals surface area contributed by atoms with Gasteiger partial charge in [0, 0.05) is 30.9 Å². The van der Waals surface area contributed by atoms with Crippen molar-refractivity contribution in [2.24, 2.45) is 5.92 Å². The lowest BCUT2D eigenvalue weighted by atomic mass is 10.1. The standard InChI is InChI=1S/C13H21N3/c1(2-11-3-4-11)7-16-10-15-9-13(16)12-5-6-14-8-12/h9-12,14H,1-8H2. The Morgan fingerprint density at radius 3 is 3.06 bits per heavy atom. The van der Waals surface area contributed by atoms with Gasteiger partial charge in [0.15, 0.2) is 0 Å². The summed E-state index contributed by atoms with van der Waals surface area (Å²) in [5.74, 6) is 1.75. The molecule has 1 atom stereocenters. The number of hydrogen-bond donors (Lipinski definition) is 1. The van der Waals surface area contributed by atoms with Crippen LogP contribution in [0, 0.1) is 5.92 Å². The van der Waals surface area contributed by atoms with Gasteiger partial charge in [0.2, 0.25) is 0 Å². The summed E-state index contributed by atoms with van der Waals surface area (Å²) in [6, 6.07) is 0. The van der Waals surface area contributed by atoms with Gasteiger partial charge in [-0.3, -0.25) is 0 Å². The number of nitrogens with one attached hydrogen (secondary N) is 1. The average molecular weight is 219 g/mol. The van der Waals surface area contributed by atoms with E-state index in [1.165, 1.54) is 44.3 Å². The normalized spacial score (nSPS) is 25.1. The van der Waals surface area contributed by atoms with Crippen LogP contribution in [0.4, 0.5) is 0 Å². The van der Waals surface area contributed by atoms with Gasteiger partial charge in [0.05, 0.1) is 6.33 Å². The largest absolute Gasteiger partial charge is 0.334 e. The molecule has 1 N–H and O–H groups in total. The van der Waals surface area contributed by atoms with Crippen LogP contribution in [0.15, 0.2) is 12.5 Å². The molecule has 1 aromatic rings. The van der Waals surface area contributed by atoms with Crippen molar-refractivity contribution in [3.63, 3.8) is 0 Å². The SMILES string of the molecule is c1ncn(CCCC2CC2)c1C1CCNC1. The zero-order chi connectivity index (χ0) is 10.8. The van der Waals surface area contributed by atoms with Gasteiger partial charge in [-0.1, -0.05) is 12.8 Å². The van der Waals surface area contributed by atoms with Crippen LogP contribution in [-0.4, -0.2) is 22.6 Å². The molecule has 0 amide bonds. The van der Waals surface area contributed by atoms with Crippen LogP contribution in [0.1, 0.15) is 43.7 Å². The van der Waals surface area contributed by atoms with E-state index < -0.39 is 0 Å². The number of hydrogen-bond acceptors (Lipinski definition) is 2. The third-order valence-electron chi connectivity index (χ3n) is 3.93. The molecule has 0 spiro atoms. The minimum Gasteiger partial charge on any atom is -0.334 e. The molecule has 0 bridgehead atoms. The zero-order valence-electron chi connectivity index (χ0n) is 9.86. The first-order chi connectivity index (χ1) is 7.93. The maximum Gasteiger partial charge on any atom is 0.0948 e. The fourth-order valence-corrected chi connectivity index (χ4v) is 2.72. The summed E-state index contributed by atoms with van der Waals surface area (Å²) in [5.41, 5.74) is 1.45. The summed E-state index contributed by atoms with van der Waals surface area (Å²) in [4.78, 5) is 4.32. The summed E-state index contributed by atoms with van der Waals surface area (Å²) >= 11 is 0. The number of nitrogens with zero attached hydrogens (tertiary/aromatic N) is 2. The Labute approximate surface area is 97.3 Å². The Morgan fingerprint density at radius 1 is 1.38 bits per heavy atom. The highest BCUT2D eigenvalue weighted by molar-refractivity contribution is 5.09. The van der Waals surface area contributed by atoms with E-state index in [1.807, 2.05) is 6.33 Å². The lowest BCUT2D eigenvalue weighted by molar-refractivity contribution is 0.546.